The number of hydrogen-bond donors (Lipinski definition) is 1. The van der Waals surface area contributed by atoms with E-state index in [0.717, 1.165) is 19.6 Å². The Kier molecular flexibility index (Phi) is 5.94. The lowest BCUT2D eigenvalue weighted by molar-refractivity contribution is 0.208. The highest BCUT2D eigenvalue weighted by atomic mass is 15.2. The summed E-state index contributed by atoms with van der Waals surface area (Å²) in [6, 6.07) is 3.01. The predicted molar refractivity (Wildman–Crippen MR) is 71.7 cm³/mol. The Morgan fingerprint density at radius 3 is 2.00 bits per heavy atom. The summed E-state index contributed by atoms with van der Waals surface area (Å²) in [5, 5.41) is 12.6. The third kappa shape index (κ3) is 6.65. The first-order chi connectivity index (χ1) is 8.01. The third-order valence-electron chi connectivity index (χ3n) is 2.86. The monoisotopic (exact) mass is 237 g/mol. The molecular formula is C14H27N3. The molecule has 98 valence electrons. The van der Waals surface area contributed by atoms with E-state index in [1.165, 1.54) is 12.8 Å². The van der Waals surface area contributed by atoms with E-state index in [9.17, 15) is 5.26 Å². The van der Waals surface area contributed by atoms with E-state index in [1.54, 1.807) is 0 Å². The van der Waals surface area contributed by atoms with Gasteiger partial charge in [0.1, 0.15) is 6.04 Å². The van der Waals surface area contributed by atoms with Crippen molar-refractivity contribution in [3.05, 3.63) is 0 Å². The Labute approximate surface area is 106 Å². The maximum atomic E-state index is 9.18. The van der Waals surface area contributed by atoms with Gasteiger partial charge in [-0.3, -0.25) is 5.32 Å². The topological polar surface area (TPSA) is 39.1 Å². The smallest absolute Gasteiger partial charge is 0.108 e. The lowest BCUT2D eigenvalue weighted by atomic mass is 10.1. The third-order valence-corrected chi connectivity index (χ3v) is 2.86. The molecule has 1 unspecified atom stereocenters. The Hall–Kier alpha value is -0.590. The molecule has 1 fully saturated rings. The van der Waals surface area contributed by atoms with Gasteiger partial charge in [-0.1, -0.05) is 27.7 Å². The van der Waals surface area contributed by atoms with Crippen molar-refractivity contribution in [2.24, 2.45) is 11.8 Å². The van der Waals surface area contributed by atoms with Crippen molar-refractivity contribution in [2.45, 2.75) is 52.6 Å². The first-order valence-corrected chi connectivity index (χ1v) is 6.89. The van der Waals surface area contributed by atoms with Crippen LogP contribution in [0.5, 0.6) is 0 Å². The molecule has 3 heteroatoms. The zero-order valence-corrected chi connectivity index (χ0v) is 11.7. The van der Waals surface area contributed by atoms with E-state index < -0.39 is 0 Å². The van der Waals surface area contributed by atoms with Crippen molar-refractivity contribution in [1.82, 2.24) is 10.2 Å². The quantitative estimate of drug-likeness (QED) is 0.704. The van der Waals surface area contributed by atoms with E-state index in [1.807, 2.05) is 0 Å². The van der Waals surface area contributed by atoms with Gasteiger partial charge in [-0.05, 0) is 24.7 Å². The Morgan fingerprint density at radius 2 is 1.65 bits per heavy atom. The van der Waals surface area contributed by atoms with Crippen LogP contribution in [0.25, 0.3) is 0 Å². The van der Waals surface area contributed by atoms with E-state index in [4.69, 9.17) is 0 Å². The first-order valence-electron chi connectivity index (χ1n) is 6.89. The SMILES string of the molecule is CC(C)CN(CC(C)C)CC(C#N)NC1CC1. The van der Waals surface area contributed by atoms with E-state index in [2.05, 4.69) is 44.0 Å². The van der Waals surface area contributed by atoms with Gasteiger partial charge in [0.2, 0.25) is 0 Å². The van der Waals surface area contributed by atoms with Crippen molar-refractivity contribution < 1.29 is 0 Å². The van der Waals surface area contributed by atoms with E-state index >= 15 is 0 Å². The Morgan fingerprint density at radius 1 is 1.12 bits per heavy atom. The highest BCUT2D eigenvalue weighted by Gasteiger charge is 2.25. The van der Waals surface area contributed by atoms with Gasteiger partial charge in [-0.2, -0.15) is 5.26 Å². The molecule has 0 bridgehead atoms. The molecule has 0 aromatic carbocycles. The van der Waals surface area contributed by atoms with Crippen LogP contribution in [0.15, 0.2) is 0 Å². The zero-order chi connectivity index (χ0) is 12.8. The molecular weight excluding hydrogens is 210 g/mol. The van der Waals surface area contributed by atoms with Crippen LogP contribution in [-0.2, 0) is 0 Å². The second-order valence-electron chi connectivity index (χ2n) is 6.13. The molecule has 1 atom stereocenters. The largest absolute Gasteiger partial charge is 0.300 e. The fourth-order valence-corrected chi connectivity index (χ4v) is 2.18. The summed E-state index contributed by atoms with van der Waals surface area (Å²) in [5.74, 6) is 1.32. The summed E-state index contributed by atoms with van der Waals surface area (Å²) < 4.78 is 0. The maximum absolute atomic E-state index is 9.18. The van der Waals surface area contributed by atoms with Crippen molar-refractivity contribution in [2.75, 3.05) is 19.6 Å². The molecule has 0 aromatic rings. The molecule has 0 heterocycles. The van der Waals surface area contributed by atoms with E-state index in [0.29, 0.717) is 17.9 Å². The van der Waals surface area contributed by atoms with Crippen molar-refractivity contribution in [1.29, 1.82) is 5.26 Å². The van der Waals surface area contributed by atoms with Gasteiger partial charge >= 0.3 is 0 Å². The maximum Gasteiger partial charge on any atom is 0.108 e. The second-order valence-corrected chi connectivity index (χ2v) is 6.13. The Bertz CT molecular complexity index is 241. The number of nitrogens with one attached hydrogen (secondary N) is 1. The van der Waals surface area contributed by atoms with Gasteiger partial charge < -0.3 is 4.90 Å². The van der Waals surface area contributed by atoms with E-state index in [-0.39, 0.29) is 6.04 Å². The number of rotatable bonds is 8. The minimum Gasteiger partial charge on any atom is -0.300 e. The number of hydrogen-bond acceptors (Lipinski definition) is 3. The summed E-state index contributed by atoms with van der Waals surface area (Å²) in [5.41, 5.74) is 0. The lowest BCUT2D eigenvalue weighted by Crippen LogP contribution is -2.43. The summed E-state index contributed by atoms with van der Waals surface area (Å²) in [6.07, 6.45) is 2.49. The van der Waals surface area contributed by atoms with Crippen LogP contribution in [0.2, 0.25) is 0 Å². The molecule has 3 nitrogen and oxygen atoms in total. The predicted octanol–water partition coefficient (Wildman–Crippen LogP) is 2.24. The minimum absolute atomic E-state index is 0.000000000000000444. The second kappa shape index (κ2) is 6.98. The average molecular weight is 237 g/mol. The molecule has 0 saturated heterocycles. The van der Waals surface area contributed by atoms with Gasteiger partial charge in [0.05, 0.1) is 6.07 Å². The van der Waals surface area contributed by atoms with Crippen LogP contribution in [-0.4, -0.2) is 36.6 Å². The van der Waals surface area contributed by atoms with Crippen LogP contribution >= 0.6 is 0 Å². The van der Waals surface area contributed by atoms with Crippen LogP contribution < -0.4 is 5.32 Å². The molecule has 0 radical (unpaired) electrons. The highest BCUT2D eigenvalue weighted by Crippen LogP contribution is 2.19. The van der Waals surface area contributed by atoms with Crippen LogP contribution in [0.1, 0.15) is 40.5 Å². The van der Waals surface area contributed by atoms with Crippen LogP contribution in [0.4, 0.5) is 0 Å². The van der Waals surface area contributed by atoms with Crippen molar-refractivity contribution >= 4 is 0 Å². The number of nitriles is 1. The fourth-order valence-electron chi connectivity index (χ4n) is 2.18. The Balaban J connectivity index is 2.40. The molecule has 0 amide bonds. The standard InChI is InChI=1S/C14H27N3/c1-11(2)8-17(9-12(3)4)10-14(7-15)16-13-5-6-13/h11-14,16H,5-6,8-10H2,1-4H3. The van der Waals surface area contributed by atoms with Crippen LogP contribution in [0, 0.1) is 23.2 Å². The summed E-state index contributed by atoms with van der Waals surface area (Å²) in [4.78, 5) is 2.43. The molecule has 1 rings (SSSR count). The van der Waals surface area contributed by atoms with Gasteiger partial charge in [-0.25, -0.2) is 0 Å². The molecule has 1 aliphatic rings. The molecule has 1 aliphatic carbocycles. The molecule has 0 aliphatic heterocycles. The number of nitrogens with zero attached hydrogens (tertiary/aromatic N) is 2. The zero-order valence-electron chi connectivity index (χ0n) is 11.7. The van der Waals surface area contributed by atoms with Gasteiger partial charge in [0, 0.05) is 25.7 Å². The minimum atomic E-state index is -0.000000000000000444. The lowest BCUT2D eigenvalue weighted by Gasteiger charge is -2.28. The summed E-state index contributed by atoms with van der Waals surface area (Å²) >= 11 is 0. The normalized spacial score (nSPS) is 17.8. The molecule has 17 heavy (non-hydrogen) atoms. The van der Waals surface area contributed by atoms with Crippen LogP contribution in [0.3, 0.4) is 0 Å². The molecule has 0 spiro atoms. The fraction of sp³-hybridized carbons (Fsp3) is 0.929. The summed E-state index contributed by atoms with van der Waals surface area (Å²) in [7, 11) is 0. The van der Waals surface area contributed by atoms with Crippen molar-refractivity contribution in [3.8, 4) is 6.07 Å². The first kappa shape index (κ1) is 14.5. The highest BCUT2D eigenvalue weighted by molar-refractivity contribution is 4.97. The van der Waals surface area contributed by atoms with Gasteiger partial charge in [0.25, 0.3) is 0 Å². The molecule has 0 aromatic heterocycles. The molecule has 1 saturated carbocycles. The van der Waals surface area contributed by atoms with Gasteiger partial charge in [0.15, 0.2) is 0 Å². The summed E-state index contributed by atoms with van der Waals surface area (Å²) in [6.45, 7) is 12.0. The van der Waals surface area contributed by atoms with Crippen molar-refractivity contribution in [3.63, 3.8) is 0 Å². The van der Waals surface area contributed by atoms with Gasteiger partial charge in [-0.15, -0.1) is 0 Å². The molecule has 1 N–H and O–H groups in total. The average Bonchev–Trinajstić information content (AvgIpc) is 2.98.